The number of rotatable bonds is 9. The molecular formula is C22H25FN4O4S. The van der Waals surface area contributed by atoms with Crippen molar-refractivity contribution in [1.29, 1.82) is 0 Å². The van der Waals surface area contributed by atoms with E-state index in [4.69, 9.17) is 4.52 Å². The first-order valence-corrected chi connectivity index (χ1v) is 11.6. The number of aromatic nitrogens is 2. The Bertz CT molecular complexity index is 1160. The number of carbonyl (C=O) groups excluding carboxylic acids is 1. The van der Waals surface area contributed by atoms with E-state index in [1.165, 1.54) is 12.1 Å². The highest BCUT2D eigenvalue weighted by Gasteiger charge is 2.25. The summed E-state index contributed by atoms with van der Waals surface area (Å²) in [6.07, 6.45) is 0.490. The minimum atomic E-state index is -3.92. The summed E-state index contributed by atoms with van der Waals surface area (Å²) in [5, 5.41) is 6.65. The zero-order valence-electron chi connectivity index (χ0n) is 18.1. The number of hydrogen-bond acceptors (Lipinski definition) is 6. The van der Waals surface area contributed by atoms with Crippen LogP contribution in [0.5, 0.6) is 0 Å². The van der Waals surface area contributed by atoms with E-state index < -0.39 is 21.7 Å². The number of anilines is 1. The number of halogens is 1. The Morgan fingerprint density at radius 1 is 1.12 bits per heavy atom. The third kappa shape index (κ3) is 5.77. The monoisotopic (exact) mass is 460 g/mol. The summed E-state index contributed by atoms with van der Waals surface area (Å²) < 4.78 is 44.8. The first-order valence-electron chi connectivity index (χ1n) is 10.2. The van der Waals surface area contributed by atoms with Crippen molar-refractivity contribution in [2.45, 2.75) is 38.0 Å². The maximum Gasteiger partial charge on any atom is 0.243 e. The van der Waals surface area contributed by atoms with Crippen molar-refractivity contribution < 1.29 is 22.1 Å². The molecule has 0 radical (unpaired) electrons. The van der Waals surface area contributed by atoms with Gasteiger partial charge in [0, 0.05) is 24.6 Å². The molecule has 32 heavy (non-hydrogen) atoms. The van der Waals surface area contributed by atoms with Crippen molar-refractivity contribution in [3.8, 4) is 0 Å². The molecule has 10 heteroatoms. The number of benzene rings is 2. The normalized spacial score (nSPS) is 11.8. The lowest BCUT2D eigenvalue weighted by atomic mass is 10.1. The van der Waals surface area contributed by atoms with E-state index in [2.05, 4.69) is 15.5 Å². The molecule has 170 valence electrons. The number of carbonyl (C=O) groups is 1. The van der Waals surface area contributed by atoms with Crippen LogP contribution in [-0.4, -0.2) is 41.9 Å². The molecule has 0 unspecified atom stereocenters. The van der Waals surface area contributed by atoms with Crippen molar-refractivity contribution in [2.75, 3.05) is 18.4 Å². The summed E-state index contributed by atoms with van der Waals surface area (Å²) in [5.74, 6) is 0.302. The predicted octanol–water partition coefficient (Wildman–Crippen LogP) is 3.57. The summed E-state index contributed by atoms with van der Waals surface area (Å²) in [5.41, 5.74) is 1.47. The molecule has 2 aromatic carbocycles. The third-order valence-electron chi connectivity index (χ3n) is 4.70. The Balaban J connectivity index is 1.61. The maximum absolute atomic E-state index is 13.1. The second-order valence-corrected chi connectivity index (χ2v) is 9.45. The second-order valence-electron chi connectivity index (χ2n) is 7.51. The Labute approximate surface area is 186 Å². The van der Waals surface area contributed by atoms with Crippen molar-refractivity contribution in [3.63, 3.8) is 0 Å². The highest BCUT2D eigenvalue weighted by Crippen LogP contribution is 2.18. The van der Waals surface area contributed by atoms with Gasteiger partial charge in [-0.3, -0.25) is 4.79 Å². The maximum atomic E-state index is 13.1. The zero-order chi connectivity index (χ0) is 23.3. The highest BCUT2D eigenvalue weighted by atomic mass is 32.2. The van der Waals surface area contributed by atoms with Crippen LogP contribution >= 0.6 is 0 Å². The Kier molecular flexibility index (Phi) is 7.37. The van der Waals surface area contributed by atoms with Gasteiger partial charge in [-0.2, -0.15) is 9.29 Å². The van der Waals surface area contributed by atoms with Crippen LogP contribution in [0.25, 0.3) is 0 Å². The Hall–Kier alpha value is -3.11. The highest BCUT2D eigenvalue weighted by molar-refractivity contribution is 7.89. The minimum Gasteiger partial charge on any atom is -0.339 e. The van der Waals surface area contributed by atoms with Crippen LogP contribution in [0.15, 0.2) is 57.9 Å². The van der Waals surface area contributed by atoms with Crippen LogP contribution in [-0.2, 0) is 21.2 Å². The molecule has 3 rings (SSSR count). The average molecular weight is 461 g/mol. The summed E-state index contributed by atoms with van der Waals surface area (Å²) in [6, 6.07) is 11.6. The fourth-order valence-electron chi connectivity index (χ4n) is 2.95. The van der Waals surface area contributed by atoms with Crippen molar-refractivity contribution >= 4 is 21.6 Å². The number of hydrogen-bond donors (Lipinski definition) is 1. The molecule has 0 spiro atoms. The standard InChI is InChI=1S/C22H25FN4O4S/c1-4-27(32(29,30)19-11-7-17(23)8-12-19)14-21(28)24-18-9-5-16(6-10-18)13-20-25-22(15(2)3)31-26-20/h5-12,15H,4,13-14H2,1-3H3,(H,24,28). The number of nitrogens with zero attached hydrogens (tertiary/aromatic N) is 3. The molecular weight excluding hydrogens is 435 g/mol. The van der Waals surface area contributed by atoms with Gasteiger partial charge in [0.15, 0.2) is 5.82 Å². The molecule has 1 N–H and O–H groups in total. The van der Waals surface area contributed by atoms with Gasteiger partial charge in [-0.15, -0.1) is 0 Å². The molecule has 0 aliphatic rings. The summed E-state index contributed by atoms with van der Waals surface area (Å²) in [4.78, 5) is 16.7. The van der Waals surface area contributed by atoms with Crippen LogP contribution < -0.4 is 5.32 Å². The Morgan fingerprint density at radius 3 is 2.34 bits per heavy atom. The van der Waals surface area contributed by atoms with E-state index in [0.29, 0.717) is 23.8 Å². The predicted molar refractivity (Wildman–Crippen MR) is 117 cm³/mol. The van der Waals surface area contributed by atoms with Crippen molar-refractivity contribution in [3.05, 3.63) is 71.6 Å². The smallest absolute Gasteiger partial charge is 0.243 e. The van der Waals surface area contributed by atoms with Gasteiger partial charge in [0.1, 0.15) is 5.82 Å². The summed E-state index contributed by atoms with van der Waals surface area (Å²) in [6.45, 7) is 5.30. The van der Waals surface area contributed by atoms with Crippen LogP contribution in [0.2, 0.25) is 0 Å². The molecule has 0 aliphatic heterocycles. The topological polar surface area (TPSA) is 105 Å². The number of sulfonamides is 1. The molecule has 0 bridgehead atoms. The van der Waals surface area contributed by atoms with Crippen LogP contribution in [0.4, 0.5) is 10.1 Å². The SMILES string of the molecule is CCN(CC(=O)Nc1ccc(Cc2noc(C(C)C)n2)cc1)S(=O)(=O)c1ccc(F)cc1. The molecule has 0 saturated carbocycles. The molecule has 0 fully saturated rings. The summed E-state index contributed by atoms with van der Waals surface area (Å²) >= 11 is 0. The van der Waals surface area contributed by atoms with Gasteiger partial charge in [0.2, 0.25) is 21.8 Å². The van der Waals surface area contributed by atoms with Gasteiger partial charge in [-0.25, -0.2) is 12.8 Å². The number of likely N-dealkylation sites (N-methyl/N-ethyl adjacent to an activating group) is 1. The van der Waals surface area contributed by atoms with Crippen molar-refractivity contribution in [1.82, 2.24) is 14.4 Å². The van der Waals surface area contributed by atoms with E-state index in [9.17, 15) is 17.6 Å². The zero-order valence-corrected chi connectivity index (χ0v) is 18.9. The molecule has 1 amide bonds. The van der Waals surface area contributed by atoms with Crippen LogP contribution in [0.1, 0.15) is 44.0 Å². The number of nitrogens with one attached hydrogen (secondary N) is 1. The molecule has 0 saturated heterocycles. The molecule has 0 aliphatic carbocycles. The van der Waals surface area contributed by atoms with Gasteiger partial charge >= 0.3 is 0 Å². The van der Waals surface area contributed by atoms with Gasteiger partial charge < -0.3 is 9.84 Å². The fraction of sp³-hybridized carbons (Fsp3) is 0.318. The van der Waals surface area contributed by atoms with Crippen molar-refractivity contribution in [2.24, 2.45) is 0 Å². The largest absolute Gasteiger partial charge is 0.339 e. The quantitative estimate of drug-likeness (QED) is 0.523. The van der Waals surface area contributed by atoms with Gasteiger partial charge in [-0.1, -0.05) is 38.1 Å². The lowest BCUT2D eigenvalue weighted by Crippen LogP contribution is -2.37. The molecule has 8 nitrogen and oxygen atoms in total. The molecule has 3 aromatic rings. The van der Waals surface area contributed by atoms with E-state index >= 15 is 0 Å². The molecule has 0 atom stereocenters. The Morgan fingerprint density at radius 2 is 1.78 bits per heavy atom. The van der Waals surface area contributed by atoms with E-state index in [1.54, 1.807) is 19.1 Å². The van der Waals surface area contributed by atoms with Gasteiger partial charge in [0.05, 0.1) is 11.4 Å². The number of amides is 1. The van der Waals surface area contributed by atoms with E-state index in [1.807, 2.05) is 26.0 Å². The average Bonchev–Trinajstić information content (AvgIpc) is 3.22. The van der Waals surface area contributed by atoms with Gasteiger partial charge in [-0.05, 0) is 42.0 Å². The van der Waals surface area contributed by atoms with Crippen LogP contribution in [0, 0.1) is 5.82 Å². The third-order valence-corrected chi connectivity index (χ3v) is 6.64. The lowest BCUT2D eigenvalue weighted by molar-refractivity contribution is -0.116. The minimum absolute atomic E-state index is 0.0695. The fourth-order valence-corrected chi connectivity index (χ4v) is 4.35. The first-order chi connectivity index (χ1) is 15.2. The molecule has 1 aromatic heterocycles. The first kappa shape index (κ1) is 23.6. The second kappa shape index (κ2) is 10.0. The van der Waals surface area contributed by atoms with E-state index in [0.717, 1.165) is 22.0 Å². The molecule has 1 heterocycles. The van der Waals surface area contributed by atoms with Gasteiger partial charge in [0.25, 0.3) is 0 Å². The summed E-state index contributed by atoms with van der Waals surface area (Å²) in [7, 11) is -3.92. The van der Waals surface area contributed by atoms with Crippen LogP contribution in [0.3, 0.4) is 0 Å². The lowest BCUT2D eigenvalue weighted by Gasteiger charge is -2.20. The van der Waals surface area contributed by atoms with E-state index in [-0.39, 0.29) is 23.9 Å².